The predicted octanol–water partition coefficient (Wildman–Crippen LogP) is 4.29. The van der Waals surface area contributed by atoms with Gasteiger partial charge in [-0.15, -0.1) is 0 Å². The standard InChI is InChI=1S/C17H17F3N2O2/c1-10-15(11(2)24-21-10)14-7-4-8-22(14)16(23)12-5-3-6-13(9-12)17(18,19)20/h3,5-6,9,14H,4,7-8H2,1-2H3/t14-/m1/s1. The van der Waals surface area contributed by atoms with Crippen molar-refractivity contribution in [3.8, 4) is 0 Å². The molecule has 1 aromatic carbocycles. The SMILES string of the molecule is Cc1noc(C)c1[C@H]1CCCN1C(=O)c1cccc(C(F)(F)F)c1. The minimum absolute atomic E-state index is 0.0449. The van der Waals surface area contributed by atoms with E-state index in [1.807, 2.05) is 0 Å². The largest absolute Gasteiger partial charge is 0.416 e. The number of amides is 1. The van der Waals surface area contributed by atoms with E-state index in [4.69, 9.17) is 4.52 Å². The molecule has 0 aliphatic carbocycles. The molecule has 7 heteroatoms. The molecule has 1 atom stereocenters. The van der Waals surface area contributed by atoms with Crippen molar-refractivity contribution in [3.05, 3.63) is 52.4 Å². The van der Waals surface area contributed by atoms with Crippen molar-refractivity contribution < 1.29 is 22.5 Å². The number of aryl methyl sites for hydroxylation is 2. The molecular weight excluding hydrogens is 321 g/mol. The maximum atomic E-state index is 12.9. The summed E-state index contributed by atoms with van der Waals surface area (Å²) in [6.45, 7) is 4.08. The summed E-state index contributed by atoms with van der Waals surface area (Å²) in [4.78, 5) is 14.4. The maximum absolute atomic E-state index is 12.9. The van der Waals surface area contributed by atoms with E-state index >= 15 is 0 Å². The fourth-order valence-electron chi connectivity index (χ4n) is 3.27. The molecule has 1 saturated heterocycles. The van der Waals surface area contributed by atoms with Crippen LogP contribution < -0.4 is 0 Å². The molecule has 0 radical (unpaired) electrons. The summed E-state index contributed by atoms with van der Waals surface area (Å²) in [7, 11) is 0. The van der Waals surface area contributed by atoms with E-state index in [0.29, 0.717) is 18.0 Å². The number of carbonyl (C=O) groups excluding carboxylic acids is 1. The van der Waals surface area contributed by atoms with Gasteiger partial charge in [0.05, 0.1) is 17.3 Å². The highest BCUT2D eigenvalue weighted by Gasteiger charge is 2.36. The lowest BCUT2D eigenvalue weighted by atomic mass is 10.0. The van der Waals surface area contributed by atoms with Gasteiger partial charge < -0.3 is 9.42 Å². The van der Waals surface area contributed by atoms with E-state index in [9.17, 15) is 18.0 Å². The van der Waals surface area contributed by atoms with Crippen LogP contribution in [0.25, 0.3) is 0 Å². The van der Waals surface area contributed by atoms with E-state index in [-0.39, 0.29) is 11.6 Å². The molecular formula is C17H17F3N2O2. The molecule has 1 aliphatic heterocycles. The molecule has 24 heavy (non-hydrogen) atoms. The monoisotopic (exact) mass is 338 g/mol. The van der Waals surface area contributed by atoms with Crippen LogP contribution in [0, 0.1) is 13.8 Å². The van der Waals surface area contributed by atoms with Gasteiger partial charge in [0.15, 0.2) is 0 Å². The van der Waals surface area contributed by atoms with Gasteiger partial charge in [-0.1, -0.05) is 11.2 Å². The molecule has 128 valence electrons. The molecule has 0 N–H and O–H groups in total. The van der Waals surface area contributed by atoms with Gasteiger partial charge in [-0.05, 0) is 44.9 Å². The molecule has 1 amide bonds. The highest BCUT2D eigenvalue weighted by Crippen LogP contribution is 2.37. The van der Waals surface area contributed by atoms with Crippen molar-refractivity contribution in [2.45, 2.75) is 38.9 Å². The van der Waals surface area contributed by atoms with Crippen LogP contribution in [-0.2, 0) is 6.18 Å². The number of carbonyl (C=O) groups is 1. The molecule has 1 fully saturated rings. The van der Waals surface area contributed by atoms with Crippen LogP contribution in [0.5, 0.6) is 0 Å². The lowest BCUT2D eigenvalue weighted by Gasteiger charge is -2.25. The Morgan fingerprint density at radius 3 is 2.71 bits per heavy atom. The van der Waals surface area contributed by atoms with Crippen molar-refractivity contribution in [2.75, 3.05) is 6.54 Å². The first kappa shape index (κ1) is 16.5. The third-order valence-corrected chi connectivity index (χ3v) is 4.37. The first-order chi connectivity index (χ1) is 11.3. The summed E-state index contributed by atoms with van der Waals surface area (Å²) in [5, 5.41) is 3.91. The van der Waals surface area contributed by atoms with Gasteiger partial charge in [0.1, 0.15) is 5.76 Å². The summed E-state index contributed by atoms with van der Waals surface area (Å²) >= 11 is 0. The normalized spacial score (nSPS) is 18.2. The quantitative estimate of drug-likeness (QED) is 0.821. The number of alkyl halides is 3. The Labute approximate surface area is 137 Å². The molecule has 4 nitrogen and oxygen atoms in total. The van der Waals surface area contributed by atoms with Crippen molar-refractivity contribution in [3.63, 3.8) is 0 Å². The van der Waals surface area contributed by atoms with Gasteiger partial charge in [-0.25, -0.2) is 0 Å². The van der Waals surface area contributed by atoms with E-state index < -0.39 is 17.6 Å². The summed E-state index contributed by atoms with van der Waals surface area (Å²) < 4.78 is 43.8. The molecule has 2 heterocycles. The Bertz CT molecular complexity index is 748. The smallest absolute Gasteiger partial charge is 0.361 e. The number of aromatic nitrogens is 1. The Balaban J connectivity index is 1.92. The van der Waals surface area contributed by atoms with Crippen molar-refractivity contribution in [2.24, 2.45) is 0 Å². The molecule has 2 aromatic rings. The van der Waals surface area contributed by atoms with E-state index in [0.717, 1.165) is 30.5 Å². The molecule has 1 aliphatic rings. The number of rotatable bonds is 2. The van der Waals surface area contributed by atoms with Crippen molar-refractivity contribution in [1.82, 2.24) is 10.1 Å². The topological polar surface area (TPSA) is 46.3 Å². The van der Waals surface area contributed by atoms with Crippen LogP contribution in [0.3, 0.4) is 0 Å². The summed E-state index contributed by atoms with van der Waals surface area (Å²) in [6.07, 6.45) is -2.94. The number of hydrogen-bond donors (Lipinski definition) is 0. The second-order valence-electron chi connectivity index (χ2n) is 5.97. The van der Waals surface area contributed by atoms with Crippen LogP contribution in [0.15, 0.2) is 28.8 Å². The van der Waals surface area contributed by atoms with Crippen LogP contribution in [-0.4, -0.2) is 22.5 Å². The lowest BCUT2D eigenvalue weighted by molar-refractivity contribution is -0.137. The number of likely N-dealkylation sites (tertiary alicyclic amines) is 1. The highest BCUT2D eigenvalue weighted by molar-refractivity contribution is 5.95. The average molecular weight is 338 g/mol. The van der Waals surface area contributed by atoms with Crippen LogP contribution in [0.2, 0.25) is 0 Å². The van der Waals surface area contributed by atoms with E-state index in [1.54, 1.807) is 18.7 Å². The minimum atomic E-state index is -4.47. The van der Waals surface area contributed by atoms with E-state index in [1.165, 1.54) is 12.1 Å². The van der Waals surface area contributed by atoms with Gasteiger partial charge in [-0.3, -0.25) is 4.79 Å². The summed E-state index contributed by atoms with van der Waals surface area (Å²) in [5.74, 6) is 0.241. The van der Waals surface area contributed by atoms with Gasteiger partial charge in [0.25, 0.3) is 5.91 Å². The molecule has 0 unspecified atom stereocenters. The van der Waals surface area contributed by atoms with Crippen molar-refractivity contribution >= 4 is 5.91 Å². The summed E-state index contributed by atoms with van der Waals surface area (Å²) in [5.41, 5.74) is 0.791. The number of benzene rings is 1. The molecule has 1 aromatic heterocycles. The second-order valence-corrected chi connectivity index (χ2v) is 5.97. The van der Waals surface area contributed by atoms with E-state index in [2.05, 4.69) is 5.16 Å². The molecule has 0 saturated carbocycles. The second kappa shape index (κ2) is 5.96. The summed E-state index contributed by atoms with van der Waals surface area (Å²) in [6, 6.07) is 4.34. The Morgan fingerprint density at radius 2 is 2.08 bits per heavy atom. The third-order valence-electron chi connectivity index (χ3n) is 4.37. The molecule has 0 spiro atoms. The predicted molar refractivity (Wildman–Crippen MR) is 80.4 cm³/mol. The third kappa shape index (κ3) is 2.90. The zero-order valence-corrected chi connectivity index (χ0v) is 13.4. The maximum Gasteiger partial charge on any atom is 0.416 e. The Morgan fingerprint density at radius 1 is 1.33 bits per heavy atom. The lowest BCUT2D eigenvalue weighted by Crippen LogP contribution is -2.31. The van der Waals surface area contributed by atoms with Gasteiger partial charge >= 0.3 is 6.18 Å². The fraction of sp³-hybridized carbons (Fsp3) is 0.412. The van der Waals surface area contributed by atoms with Crippen LogP contribution in [0.1, 0.15) is 51.8 Å². The minimum Gasteiger partial charge on any atom is -0.361 e. The first-order valence-corrected chi connectivity index (χ1v) is 7.70. The van der Waals surface area contributed by atoms with Gasteiger partial charge in [0, 0.05) is 17.7 Å². The van der Waals surface area contributed by atoms with Crippen molar-refractivity contribution in [1.29, 1.82) is 0 Å². The molecule has 3 rings (SSSR count). The zero-order valence-electron chi connectivity index (χ0n) is 13.4. The molecule has 0 bridgehead atoms. The van der Waals surface area contributed by atoms with Gasteiger partial charge in [0.2, 0.25) is 0 Å². The fourth-order valence-corrected chi connectivity index (χ4v) is 3.27. The van der Waals surface area contributed by atoms with Crippen LogP contribution >= 0.6 is 0 Å². The average Bonchev–Trinajstić information content (AvgIpc) is 3.12. The zero-order chi connectivity index (χ0) is 17.5. The number of halogens is 3. The number of nitrogens with zero attached hydrogens (tertiary/aromatic N) is 2. The Hall–Kier alpha value is -2.31. The first-order valence-electron chi connectivity index (χ1n) is 7.70. The van der Waals surface area contributed by atoms with Crippen LogP contribution in [0.4, 0.5) is 13.2 Å². The van der Waals surface area contributed by atoms with Gasteiger partial charge in [-0.2, -0.15) is 13.2 Å². The Kier molecular flexibility index (Phi) is 4.11. The number of hydrogen-bond acceptors (Lipinski definition) is 3. The highest BCUT2D eigenvalue weighted by atomic mass is 19.4.